The van der Waals surface area contributed by atoms with Gasteiger partial charge in [-0.15, -0.1) is 10.2 Å². The molecule has 0 fully saturated rings. The van der Waals surface area contributed by atoms with Crippen LogP contribution in [0.15, 0.2) is 52.9 Å². The molecule has 2 aromatic carbocycles. The first-order valence-corrected chi connectivity index (χ1v) is 7.03. The zero-order valence-corrected chi connectivity index (χ0v) is 12.9. The number of hydrogen-bond acceptors (Lipinski definition) is 6. The molecule has 0 aliphatic rings. The van der Waals surface area contributed by atoms with Crippen molar-refractivity contribution in [3.8, 4) is 28.7 Å². The second-order valence-electron chi connectivity index (χ2n) is 4.67. The highest BCUT2D eigenvalue weighted by molar-refractivity contribution is 5.53. The molecule has 1 heterocycles. The standard InChI is InChI=1S/C17H16N2O4/c1-20-13-9-7-12(8-10-13)17-19-18-16(23-17)11-22-15-6-4-3-5-14(15)21-2/h3-10H,11H2,1-2H3. The Bertz CT molecular complexity index is 768. The van der Waals surface area contributed by atoms with Gasteiger partial charge in [-0.3, -0.25) is 0 Å². The highest BCUT2D eigenvalue weighted by atomic mass is 16.5. The van der Waals surface area contributed by atoms with Crippen LogP contribution in [0.5, 0.6) is 17.2 Å². The lowest BCUT2D eigenvalue weighted by molar-refractivity contribution is 0.251. The van der Waals surface area contributed by atoms with Gasteiger partial charge in [0.1, 0.15) is 5.75 Å². The van der Waals surface area contributed by atoms with Gasteiger partial charge in [0.2, 0.25) is 5.89 Å². The van der Waals surface area contributed by atoms with Gasteiger partial charge in [0.05, 0.1) is 14.2 Å². The molecular formula is C17H16N2O4. The lowest BCUT2D eigenvalue weighted by atomic mass is 10.2. The van der Waals surface area contributed by atoms with E-state index in [1.54, 1.807) is 14.2 Å². The Labute approximate surface area is 133 Å². The molecule has 0 amide bonds. The molecular weight excluding hydrogens is 296 g/mol. The minimum atomic E-state index is 0.170. The molecule has 0 radical (unpaired) electrons. The molecule has 3 rings (SSSR count). The number of methoxy groups -OCH3 is 2. The molecule has 0 bridgehead atoms. The van der Waals surface area contributed by atoms with Crippen LogP contribution in [0.3, 0.4) is 0 Å². The molecule has 6 nitrogen and oxygen atoms in total. The summed E-state index contributed by atoms with van der Waals surface area (Å²) in [6.07, 6.45) is 0. The molecule has 23 heavy (non-hydrogen) atoms. The maximum absolute atomic E-state index is 5.66. The van der Waals surface area contributed by atoms with Crippen molar-refractivity contribution in [1.29, 1.82) is 0 Å². The summed E-state index contributed by atoms with van der Waals surface area (Å²) in [6.45, 7) is 0.170. The lowest BCUT2D eigenvalue weighted by Gasteiger charge is -2.07. The third-order valence-electron chi connectivity index (χ3n) is 3.22. The average molecular weight is 312 g/mol. The SMILES string of the molecule is COc1ccc(-c2nnc(COc3ccccc3OC)o2)cc1. The smallest absolute Gasteiger partial charge is 0.254 e. The largest absolute Gasteiger partial charge is 0.497 e. The first-order chi connectivity index (χ1) is 11.3. The summed E-state index contributed by atoms with van der Waals surface area (Å²) >= 11 is 0. The highest BCUT2D eigenvalue weighted by Crippen LogP contribution is 2.27. The molecule has 0 atom stereocenters. The summed E-state index contributed by atoms with van der Waals surface area (Å²) in [7, 11) is 3.21. The molecule has 6 heteroatoms. The zero-order valence-electron chi connectivity index (χ0n) is 12.9. The maximum atomic E-state index is 5.66. The van der Waals surface area contributed by atoms with E-state index in [1.807, 2.05) is 48.5 Å². The van der Waals surface area contributed by atoms with Crippen molar-refractivity contribution < 1.29 is 18.6 Å². The summed E-state index contributed by atoms with van der Waals surface area (Å²) in [5, 5.41) is 8.02. The van der Waals surface area contributed by atoms with Crippen molar-refractivity contribution in [3.05, 3.63) is 54.4 Å². The number of benzene rings is 2. The topological polar surface area (TPSA) is 66.6 Å². The Kier molecular flexibility index (Phi) is 4.42. The van der Waals surface area contributed by atoms with Crippen LogP contribution in [0.1, 0.15) is 5.89 Å². The Morgan fingerprint density at radius 1 is 0.870 bits per heavy atom. The quantitative estimate of drug-likeness (QED) is 0.695. The van der Waals surface area contributed by atoms with E-state index >= 15 is 0 Å². The van der Waals surface area contributed by atoms with Crippen LogP contribution in [-0.2, 0) is 6.61 Å². The molecule has 0 saturated carbocycles. The summed E-state index contributed by atoms with van der Waals surface area (Å²) in [6, 6.07) is 14.8. The fourth-order valence-electron chi connectivity index (χ4n) is 2.04. The Hall–Kier alpha value is -3.02. The molecule has 3 aromatic rings. The number of rotatable bonds is 6. The minimum absolute atomic E-state index is 0.170. The predicted molar refractivity (Wildman–Crippen MR) is 83.6 cm³/mol. The van der Waals surface area contributed by atoms with E-state index in [-0.39, 0.29) is 6.61 Å². The predicted octanol–water partition coefficient (Wildman–Crippen LogP) is 3.33. The molecule has 1 aromatic heterocycles. The van der Waals surface area contributed by atoms with Crippen molar-refractivity contribution in [3.63, 3.8) is 0 Å². The van der Waals surface area contributed by atoms with Crippen LogP contribution in [0.25, 0.3) is 11.5 Å². The monoisotopic (exact) mass is 312 g/mol. The van der Waals surface area contributed by atoms with Crippen LogP contribution < -0.4 is 14.2 Å². The van der Waals surface area contributed by atoms with Gasteiger partial charge in [-0.2, -0.15) is 0 Å². The fourth-order valence-corrected chi connectivity index (χ4v) is 2.04. The maximum Gasteiger partial charge on any atom is 0.254 e. The Balaban J connectivity index is 1.69. The highest BCUT2D eigenvalue weighted by Gasteiger charge is 2.10. The number of hydrogen-bond donors (Lipinski definition) is 0. The number of nitrogens with zero attached hydrogens (tertiary/aromatic N) is 2. The van der Waals surface area contributed by atoms with Gasteiger partial charge in [0.25, 0.3) is 5.89 Å². The van der Waals surface area contributed by atoms with Gasteiger partial charge in [-0.05, 0) is 36.4 Å². The van der Waals surface area contributed by atoms with Crippen molar-refractivity contribution in [1.82, 2.24) is 10.2 Å². The molecule has 0 saturated heterocycles. The van der Waals surface area contributed by atoms with E-state index in [9.17, 15) is 0 Å². The van der Waals surface area contributed by atoms with E-state index in [1.165, 1.54) is 0 Å². The second kappa shape index (κ2) is 6.83. The second-order valence-corrected chi connectivity index (χ2v) is 4.67. The van der Waals surface area contributed by atoms with Crippen LogP contribution in [-0.4, -0.2) is 24.4 Å². The van der Waals surface area contributed by atoms with Gasteiger partial charge in [-0.25, -0.2) is 0 Å². The van der Waals surface area contributed by atoms with Crippen molar-refractivity contribution in [2.24, 2.45) is 0 Å². The third-order valence-corrected chi connectivity index (χ3v) is 3.22. The van der Waals surface area contributed by atoms with E-state index in [4.69, 9.17) is 18.6 Å². The van der Waals surface area contributed by atoms with E-state index < -0.39 is 0 Å². The van der Waals surface area contributed by atoms with Gasteiger partial charge in [0, 0.05) is 5.56 Å². The first-order valence-electron chi connectivity index (χ1n) is 7.03. The van der Waals surface area contributed by atoms with Crippen LogP contribution in [0.4, 0.5) is 0 Å². The molecule has 118 valence electrons. The Morgan fingerprint density at radius 3 is 2.30 bits per heavy atom. The van der Waals surface area contributed by atoms with Crippen LogP contribution >= 0.6 is 0 Å². The molecule has 0 spiro atoms. The normalized spacial score (nSPS) is 10.3. The van der Waals surface area contributed by atoms with E-state index in [2.05, 4.69) is 10.2 Å². The third kappa shape index (κ3) is 3.42. The van der Waals surface area contributed by atoms with Crippen LogP contribution in [0, 0.1) is 0 Å². The summed E-state index contributed by atoms with van der Waals surface area (Å²) in [5.41, 5.74) is 0.821. The van der Waals surface area contributed by atoms with E-state index in [0.29, 0.717) is 23.3 Å². The number of ether oxygens (including phenoxy) is 3. The lowest BCUT2D eigenvalue weighted by Crippen LogP contribution is -1.97. The minimum Gasteiger partial charge on any atom is -0.497 e. The summed E-state index contributed by atoms with van der Waals surface area (Å²) < 4.78 is 21.6. The molecule has 0 N–H and O–H groups in total. The first kappa shape index (κ1) is 14.9. The van der Waals surface area contributed by atoms with Crippen molar-refractivity contribution in [2.45, 2.75) is 6.61 Å². The van der Waals surface area contributed by atoms with Gasteiger partial charge >= 0.3 is 0 Å². The van der Waals surface area contributed by atoms with Crippen molar-refractivity contribution in [2.75, 3.05) is 14.2 Å². The van der Waals surface area contributed by atoms with Gasteiger partial charge in [-0.1, -0.05) is 12.1 Å². The van der Waals surface area contributed by atoms with Crippen molar-refractivity contribution >= 4 is 0 Å². The summed E-state index contributed by atoms with van der Waals surface area (Å²) in [5.74, 6) is 2.88. The molecule has 0 aliphatic carbocycles. The van der Waals surface area contributed by atoms with Crippen LogP contribution in [0.2, 0.25) is 0 Å². The number of aromatic nitrogens is 2. The fraction of sp³-hybridized carbons (Fsp3) is 0.176. The Morgan fingerprint density at radius 2 is 1.61 bits per heavy atom. The summed E-state index contributed by atoms with van der Waals surface area (Å²) in [4.78, 5) is 0. The van der Waals surface area contributed by atoms with E-state index in [0.717, 1.165) is 11.3 Å². The number of para-hydroxylation sites is 2. The van der Waals surface area contributed by atoms with Gasteiger partial charge in [0.15, 0.2) is 18.1 Å². The van der Waals surface area contributed by atoms with Gasteiger partial charge < -0.3 is 18.6 Å². The average Bonchev–Trinajstić information content (AvgIpc) is 3.09. The zero-order chi connectivity index (χ0) is 16.1. The molecule has 0 unspecified atom stereocenters. The molecule has 0 aliphatic heterocycles.